The van der Waals surface area contributed by atoms with Gasteiger partial charge < -0.3 is 4.57 Å². The molecule has 2 rings (SSSR count). The molecule has 0 amide bonds. The third-order valence-electron chi connectivity index (χ3n) is 1.60. The standard InChI is InChI=1S/C9H9NS/c1-8-4-5-10(7-8)9-3-2-6-11-9/h2-7H,1H3. The molecular formula is C9H9NS. The molecule has 0 aliphatic carbocycles. The van der Waals surface area contributed by atoms with Crippen LogP contribution in [0.25, 0.3) is 5.00 Å². The summed E-state index contributed by atoms with van der Waals surface area (Å²) in [7, 11) is 0. The van der Waals surface area contributed by atoms with E-state index in [1.165, 1.54) is 10.6 Å². The van der Waals surface area contributed by atoms with Crippen molar-refractivity contribution in [2.24, 2.45) is 0 Å². The summed E-state index contributed by atoms with van der Waals surface area (Å²) in [6, 6.07) is 6.29. The maximum atomic E-state index is 2.14. The smallest absolute Gasteiger partial charge is 0.0989 e. The fraction of sp³-hybridized carbons (Fsp3) is 0.111. The minimum absolute atomic E-state index is 1.28. The predicted molar refractivity (Wildman–Crippen MR) is 48.4 cm³/mol. The fourth-order valence-electron chi connectivity index (χ4n) is 1.06. The van der Waals surface area contributed by atoms with E-state index in [1.54, 1.807) is 11.3 Å². The summed E-state index contributed by atoms with van der Waals surface area (Å²) in [5, 5.41) is 3.36. The van der Waals surface area contributed by atoms with Crippen LogP contribution in [0.4, 0.5) is 0 Å². The molecule has 2 aromatic heterocycles. The van der Waals surface area contributed by atoms with Gasteiger partial charge in [-0.15, -0.1) is 11.3 Å². The minimum Gasteiger partial charge on any atom is -0.315 e. The number of rotatable bonds is 1. The number of hydrogen-bond acceptors (Lipinski definition) is 1. The average Bonchev–Trinajstić information content (AvgIpc) is 2.55. The van der Waals surface area contributed by atoms with Crippen LogP contribution in [0.1, 0.15) is 5.56 Å². The summed E-state index contributed by atoms with van der Waals surface area (Å²) in [4.78, 5) is 0. The van der Waals surface area contributed by atoms with E-state index >= 15 is 0 Å². The van der Waals surface area contributed by atoms with Gasteiger partial charge in [0.05, 0.1) is 5.00 Å². The normalized spacial score (nSPS) is 10.3. The molecule has 0 saturated heterocycles. The summed E-state index contributed by atoms with van der Waals surface area (Å²) in [5.74, 6) is 0. The molecule has 0 spiro atoms. The molecule has 56 valence electrons. The van der Waals surface area contributed by atoms with Crippen molar-refractivity contribution in [1.29, 1.82) is 0 Å². The Morgan fingerprint density at radius 1 is 1.36 bits per heavy atom. The molecule has 0 fully saturated rings. The van der Waals surface area contributed by atoms with E-state index in [4.69, 9.17) is 0 Å². The number of hydrogen-bond donors (Lipinski definition) is 0. The van der Waals surface area contributed by atoms with Gasteiger partial charge in [-0.25, -0.2) is 0 Å². The first-order valence-electron chi connectivity index (χ1n) is 3.55. The highest BCUT2D eigenvalue weighted by Gasteiger charge is 1.94. The lowest BCUT2D eigenvalue weighted by atomic mass is 10.4. The van der Waals surface area contributed by atoms with Crippen LogP contribution in [-0.4, -0.2) is 4.57 Å². The van der Waals surface area contributed by atoms with Crippen molar-refractivity contribution in [2.75, 3.05) is 0 Å². The van der Waals surface area contributed by atoms with E-state index < -0.39 is 0 Å². The lowest BCUT2D eigenvalue weighted by molar-refractivity contribution is 1.11. The molecule has 0 bridgehead atoms. The molecule has 0 saturated carbocycles. The molecule has 0 aliphatic rings. The third-order valence-corrected chi connectivity index (χ3v) is 2.48. The molecule has 1 nitrogen and oxygen atoms in total. The van der Waals surface area contributed by atoms with Crippen molar-refractivity contribution in [3.8, 4) is 5.00 Å². The van der Waals surface area contributed by atoms with Crippen molar-refractivity contribution in [1.82, 2.24) is 4.57 Å². The van der Waals surface area contributed by atoms with Crippen molar-refractivity contribution in [3.05, 3.63) is 41.5 Å². The van der Waals surface area contributed by atoms with Gasteiger partial charge in [0.1, 0.15) is 0 Å². The third kappa shape index (κ3) is 1.21. The Morgan fingerprint density at radius 3 is 2.82 bits per heavy atom. The van der Waals surface area contributed by atoms with Crippen LogP contribution in [0.15, 0.2) is 36.0 Å². The zero-order valence-electron chi connectivity index (χ0n) is 6.32. The van der Waals surface area contributed by atoms with Gasteiger partial charge in [-0.05, 0) is 36.1 Å². The van der Waals surface area contributed by atoms with Crippen LogP contribution in [0.2, 0.25) is 0 Å². The van der Waals surface area contributed by atoms with Gasteiger partial charge in [-0.3, -0.25) is 0 Å². The SMILES string of the molecule is Cc1ccn(-c2cccs2)c1. The molecular weight excluding hydrogens is 154 g/mol. The van der Waals surface area contributed by atoms with Crippen molar-refractivity contribution in [3.63, 3.8) is 0 Å². The van der Waals surface area contributed by atoms with E-state index in [1.807, 2.05) is 0 Å². The molecule has 0 N–H and O–H groups in total. The quantitative estimate of drug-likeness (QED) is 0.609. The van der Waals surface area contributed by atoms with Crippen molar-refractivity contribution in [2.45, 2.75) is 6.92 Å². The Kier molecular flexibility index (Phi) is 1.55. The zero-order chi connectivity index (χ0) is 7.68. The van der Waals surface area contributed by atoms with Crippen LogP contribution in [0.3, 0.4) is 0 Å². The van der Waals surface area contributed by atoms with Crippen molar-refractivity contribution >= 4 is 11.3 Å². The highest BCUT2D eigenvalue weighted by molar-refractivity contribution is 7.12. The van der Waals surface area contributed by atoms with Gasteiger partial charge in [0.15, 0.2) is 0 Å². The molecule has 0 radical (unpaired) electrons. The van der Waals surface area contributed by atoms with Crippen LogP contribution < -0.4 is 0 Å². The Labute approximate surface area is 69.9 Å². The van der Waals surface area contributed by atoms with Gasteiger partial charge in [0, 0.05) is 12.4 Å². The number of aromatic nitrogens is 1. The second-order valence-electron chi connectivity index (χ2n) is 2.55. The van der Waals surface area contributed by atoms with Gasteiger partial charge in [0.2, 0.25) is 0 Å². The van der Waals surface area contributed by atoms with Crippen LogP contribution >= 0.6 is 11.3 Å². The Bertz CT molecular complexity index is 332. The maximum Gasteiger partial charge on any atom is 0.0989 e. The first kappa shape index (κ1) is 6.68. The first-order valence-corrected chi connectivity index (χ1v) is 4.43. The average molecular weight is 163 g/mol. The lowest BCUT2D eigenvalue weighted by Crippen LogP contribution is -1.82. The lowest BCUT2D eigenvalue weighted by Gasteiger charge is -1.94. The van der Waals surface area contributed by atoms with Crippen LogP contribution in [0.5, 0.6) is 0 Å². The molecule has 0 unspecified atom stereocenters. The molecule has 0 atom stereocenters. The van der Waals surface area contributed by atoms with E-state index in [0.717, 1.165) is 0 Å². The second kappa shape index (κ2) is 2.55. The molecule has 2 aromatic rings. The highest BCUT2D eigenvalue weighted by atomic mass is 32.1. The van der Waals surface area contributed by atoms with Crippen LogP contribution in [-0.2, 0) is 0 Å². The highest BCUT2D eigenvalue weighted by Crippen LogP contribution is 2.15. The molecule has 0 aliphatic heterocycles. The fourth-order valence-corrected chi connectivity index (χ4v) is 1.75. The Balaban J connectivity index is 2.45. The molecule has 11 heavy (non-hydrogen) atoms. The summed E-state index contributed by atoms with van der Waals surface area (Å²) in [6.45, 7) is 2.10. The van der Waals surface area contributed by atoms with E-state index in [9.17, 15) is 0 Å². The van der Waals surface area contributed by atoms with Gasteiger partial charge in [0.25, 0.3) is 0 Å². The van der Waals surface area contributed by atoms with E-state index in [2.05, 4.69) is 47.5 Å². The van der Waals surface area contributed by atoms with E-state index in [-0.39, 0.29) is 0 Å². The topological polar surface area (TPSA) is 4.93 Å². The van der Waals surface area contributed by atoms with Gasteiger partial charge >= 0.3 is 0 Å². The zero-order valence-corrected chi connectivity index (χ0v) is 7.14. The Morgan fingerprint density at radius 2 is 2.27 bits per heavy atom. The minimum atomic E-state index is 1.28. The number of aryl methyl sites for hydroxylation is 1. The van der Waals surface area contributed by atoms with Gasteiger partial charge in [-0.1, -0.05) is 0 Å². The largest absolute Gasteiger partial charge is 0.315 e. The van der Waals surface area contributed by atoms with Gasteiger partial charge in [-0.2, -0.15) is 0 Å². The Hall–Kier alpha value is -1.02. The molecule has 0 aromatic carbocycles. The van der Waals surface area contributed by atoms with E-state index in [0.29, 0.717) is 0 Å². The first-order chi connectivity index (χ1) is 5.36. The summed E-state index contributed by atoms with van der Waals surface area (Å²) < 4.78 is 2.14. The molecule has 2 heteroatoms. The monoisotopic (exact) mass is 163 g/mol. The maximum absolute atomic E-state index is 2.14. The molecule has 2 heterocycles. The summed E-state index contributed by atoms with van der Waals surface area (Å²) in [6.07, 6.45) is 4.22. The number of thiophene rings is 1. The summed E-state index contributed by atoms with van der Waals surface area (Å²) in [5.41, 5.74) is 1.30. The summed E-state index contributed by atoms with van der Waals surface area (Å²) >= 11 is 1.75. The number of nitrogens with zero attached hydrogens (tertiary/aromatic N) is 1. The van der Waals surface area contributed by atoms with Crippen molar-refractivity contribution < 1.29 is 0 Å². The predicted octanol–water partition coefficient (Wildman–Crippen LogP) is 2.85. The second-order valence-corrected chi connectivity index (χ2v) is 3.47. The van der Waals surface area contributed by atoms with Crippen LogP contribution in [0, 0.1) is 6.92 Å².